The van der Waals surface area contributed by atoms with Crippen LogP contribution in [0.4, 0.5) is 5.69 Å². The van der Waals surface area contributed by atoms with Crippen LogP contribution >= 0.6 is 11.6 Å². The van der Waals surface area contributed by atoms with Crippen molar-refractivity contribution in [2.75, 3.05) is 12.3 Å². The Kier molecular flexibility index (Phi) is 2.50. The molecule has 1 aromatic rings. The molecule has 2 N–H and O–H groups in total. The van der Waals surface area contributed by atoms with Crippen molar-refractivity contribution in [1.82, 2.24) is 4.98 Å². The minimum Gasteiger partial charge on any atom is -0.490 e. The second-order valence-corrected chi connectivity index (χ2v) is 4.06. The maximum absolute atomic E-state index is 5.91. The van der Waals surface area contributed by atoms with Gasteiger partial charge in [-0.25, -0.2) is 4.98 Å². The minimum atomic E-state index is 0.400. The van der Waals surface area contributed by atoms with Gasteiger partial charge in [-0.3, -0.25) is 0 Å². The van der Waals surface area contributed by atoms with E-state index < -0.39 is 0 Å². The Hall–Kier alpha value is -0.960. The third-order valence-electron chi connectivity index (χ3n) is 2.35. The highest BCUT2D eigenvalue weighted by molar-refractivity contribution is 6.30. The molecular weight excluding hydrogens is 200 g/mol. The van der Waals surface area contributed by atoms with Gasteiger partial charge in [0.05, 0.1) is 18.0 Å². The fourth-order valence-corrected chi connectivity index (χ4v) is 1.40. The van der Waals surface area contributed by atoms with Crippen molar-refractivity contribution >= 4 is 17.3 Å². The first kappa shape index (κ1) is 9.59. The van der Waals surface area contributed by atoms with Crippen molar-refractivity contribution in [1.29, 1.82) is 0 Å². The highest BCUT2D eigenvalue weighted by Crippen LogP contribution is 2.32. The monoisotopic (exact) mass is 212 g/mol. The van der Waals surface area contributed by atoms with Gasteiger partial charge in [0.25, 0.3) is 0 Å². The Bertz CT molecular complexity index is 350. The van der Waals surface area contributed by atoms with Crippen LogP contribution in [0.1, 0.15) is 18.5 Å². The Morgan fingerprint density at radius 1 is 1.64 bits per heavy atom. The molecule has 0 aromatic carbocycles. The Morgan fingerprint density at radius 2 is 2.36 bits per heavy atom. The molecule has 3 nitrogen and oxygen atoms in total. The van der Waals surface area contributed by atoms with Gasteiger partial charge < -0.3 is 10.5 Å². The zero-order valence-corrected chi connectivity index (χ0v) is 8.84. The number of aryl methyl sites for hydroxylation is 1. The van der Waals surface area contributed by atoms with Crippen LogP contribution in [0.3, 0.4) is 0 Å². The second kappa shape index (κ2) is 3.65. The maximum Gasteiger partial charge on any atom is 0.171 e. The fourth-order valence-electron chi connectivity index (χ4n) is 1.17. The van der Waals surface area contributed by atoms with Crippen LogP contribution in [-0.2, 0) is 0 Å². The molecule has 0 unspecified atom stereocenters. The number of nitrogen functional groups attached to an aromatic ring is 1. The molecule has 0 atom stereocenters. The van der Waals surface area contributed by atoms with Gasteiger partial charge in [-0.05, 0) is 25.7 Å². The standard InChI is InChI=1S/C10H13ClN2O/c1-6-8(12)4-9(10(11)13-6)14-5-7-2-3-7/h4,7H,2-3,5,12H2,1H3. The van der Waals surface area contributed by atoms with Crippen molar-refractivity contribution in [3.8, 4) is 5.75 Å². The van der Waals surface area contributed by atoms with Gasteiger partial charge in [0, 0.05) is 6.07 Å². The van der Waals surface area contributed by atoms with E-state index in [9.17, 15) is 0 Å². The van der Waals surface area contributed by atoms with Gasteiger partial charge >= 0.3 is 0 Å². The van der Waals surface area contributed by atoms with Crippen LogP contribution in [0.2, 0.25) is 5.15 Å². The minimum absolute atomic E-state index is 0.400. The first-order chi connectivity index (χ1) is 6.66. The normalized spacial score (nSPS) is 15.6. The molecule has 1 saturated carbocycles. The molecule has 0 saturated heterocycles. The number of nitrogens with two attached hydrogens (primary N) is 1. The number of hydrogen-bond donors (Lipinski definition) is 1. The largest absolute Gasteiger partial charge is 0.490 e. The summed E-state index contributed by atoms with van der Waals surface area (Å²) in [5, 5.41) is 0.400. The van der Waals surface area contributed by atoms with Gasteiger partial charge in [-0.1, -0.05) is 11.6 Å². The maximum atomic E-state index is 5.91. The summed E-state index contributed by atoms with van der Waals surface area (Å²) in [6.45, 7) is 2.55. The van der Waals surface area contributed by atoms with E-state index >= 15 is 0 Å². The number of rotatable bonds is 3. The van der Waals surface area contributed by atoms with E-state index in [2.05, 4.69) is 4.98 Å². The molecule has 0 aliphatic heterocycles. The molecule has 2 rings (SSSR count). The number of ether oxygens (including phenoxy) is 1. The van der Waals surface area contributed by atoms with Crippen LogP contribution in [0.5, 0.6) is 5.75 Å². The molecule has 1 heterocycles. The summed E-state index contributed by atoms with van der Waals surface area (Å²) >= 11 is 5.91. The lowest BCUT2D eigenvalue weighted by Crippen LogP contribution is -2.02. The number of anilines is 1. The zero-order chi connectivity index (χ0) is 10.1. The van der Waals surface area contributed by atoms with Crippen molar-refractivity contribution in [3.63, 3.8) is 0 Å². The molecule has 0 radical (unpaired) electrons. The summed E-state index contributed by atoms with van der Waals surface area (Å²) in [5.74, 6) is 1.30. The lowest BCUT2D eigenvalue weighted by atomic mass is 10.3. The van der Waals surface area contributed by atoms with Gasteiger partial charge in [-0.15, -0.1) is 0 Å². The smallest absolute Gasteiger partial charge is 0.171 e. The van der Waals surface area contributed by atoms with E-state index in [-0.39, 0.29) is 0 Å². The van der Waals surface area contributed by atoms with Gasteiger partial charge in [0.15, 0.2) is 10.9 Å². The molecular formula is C10H13ClN2O. The number of aromatic nitrogens is 1. The Morgan fingerprint density at radius 3 is 3.00 bits per heavy atom. The van der Waals surface area contributed by atoms with Crippen molar-refractivity contribution in [3.05, 3.63) is 16.9 Å². The van der Waals surface area contributed by atoms with E-state index in [1.54, 1.807) is 6.07 Å². The first-order valence-corrected chi connectivity index (χ1v) is 5.10. The predicted octanol–water partition coefficient (Wildman–Crippen LogP) is 2.41. The molecule has 4 heteroatoms. The molecule has 0 amide bonds. The third kappa shape index (κ3) is 2.10. The van der Waals surface area contributed by atoms with Crippen molar-refractivity contribution in [2.24, 2.45) is 5.92 Å². The summed E-state index contributed by atoms with van der Waals surface area (Å²) < 4.78 is 5.52. The Balaban J connectivity index is 2.10. The van der Waals surface area contributed by atoms with E-state index in [1.165, 1.54) is 12.8 Å². The van der Waals surface area contributed by atoms with Crippen LogP contribution in [0.25, 0.3) is 0 Å². The number of pyridine rings is 1. The average molecular weight is 213 g/mol. The molecule has 1 fully saturated rings. The molecule has 0 spiro atoms. The summed E-state index contributed by atoms with van der Waals surface area (Å²) in [5.41, 5.74) is 7.08. The van der Waals surface area contributed by atoms with Gasteiger partial charge in [-0.2, -0.15) is 0 Å². The van der Waals surface area contributed by atoms with E-state index in [0.29, 0.717) is 22.5 Å². The summed E-state index contributed by atoms with van der Waals surface area (Å²) in [4.78, 5) is 4.09. The summed E-state index contributed by atoms with van der Waals surface area (Å²) in [7, 11) is 0. The molecule has 1 aromatic heterocycles. The highest BCUT2D eigenvalue weighted by Gasteiger charge is 2.22. The third-order valence-corrected chi connectivity index (χ3v) is 2.62. The summed E-state index contributed by atoms with van der Waals surface area (Å²) in [6.07, 6.45) is 2.51. The van der Waals surface area contributed by atoms with Crippen LogP contribution in [0.15, 0.2) is 6.07 Å². The number of nitrogens with zero attached hydrogens (tertiary/aromatic N) is 1. The first-order valence-electron chi connectivity index (χ1n) is 4.72. The molecule has 76 valence electrons. The van der Waals surface area contributed by atoms with Gasteiger partial charge in [0.1, 0.15) is 0 Å². The topological polar surface area (TPSA) is 48.1 Å². The van der Waals surface area contributed by atoms with Crippen molar-refractivity contribution < 1.29 is 4.74 Å². The molecule has 14 heavy (non-hydrogen) atoms. The Labute approximate surface area is 88.2 Å². The van der Waals surface area contributed by atoms with Crippen LogP contribution in [0, 0.1) is 12.8 Å². The second-order valence-electron chi connectivity index (χ2n) is 3.71. The van der Waals surface area contributed by atoms with Crippen molar-refractivity contribution in [2.45, 2.75) is 19.8 Å². The highest BCUT2D eigenvalue weighted by atomic mass is 35.5. The van der Waals surface area contributed by atoms with E-state index in [0.717, 1.165) is 12.3 Å². The SMILES string of the molecule is Cc1nc(Cl)c(OCC2CC2)cc1N. The molecule has 1 aliphatic rings. The van der Waals surface area contributed by atoms with E-state index in [4.69, 9.17) is 22.1 Å². The summed E-state index contributed by atoms with van der Waals surface area (Å²) in [6, 6.07) is 1.74. The lowest BCUT2D eigenvalue weighted by Gasteiger charge is -2.08. The van der Waals surface area contributed by atoms with Gasteiger partial charge in [0.2, 0.25) is 0 Å². The molecule has 1 aliphatic carbocycles. The lowest BCUT2D eigenvalue weighted by molar-refractivity contribution is 0.299. The quantitative estimate of drug-likeness (QED) is 0.783. The fraction of sp³-hybridized carbons (Fsp3) is 0.500. The zero-order valence-electron chi connectivity index (χ0n) is 8.09. The van der Waals surface area contributed by atoms with Crippen LogP contribution in [-0.4, -0.2) is 11.6 Å². The predicted molar refractivity (Wildman–Crippen MR) is 56.6 cm³/mol. The number of halogens is 1. The number of hydrogen-bond acceptors (Lipinski definition) is 3. The average Bonchev–Trinajstić information content (AvgIpc) is 2.92. The van der Waals surface area contributed by atoms with E-state index in [1.807, 2.05) is 6.92 Å². The molecule has 0 bridgehead atoms. The van der Waals surface area contributed by atoms with Crippen LogP contribution < -0.4 is 10.5 Å².